The van der Waals surface area contributed by atoms with E-state index < -0.39 is 0 Å². The second kappa shape index (κ2) is 5.75. The third-order valence-corrected chi connectivity index (χ3v) is 3.94. The molecular weight excluding hydrogens is 220 g/mol. The van der Waals surface area contributed by atoms with Crippen LogP contribution < -0.4 is 10.2 Å². The molecule has 1 aliphatic heterocycles. The molecule has 2 heteroatoms. The molecule has 1 heterocycles. The molecule has 0 aromatic heterocycles. The van der Waals surface area contributed by atoms with Gasteiger partial charge in [-0.1, -0.05) is 24.6 Å². The third kappa shape index (κ3) is 2.86. The quantitative estimate of drug-likeness (QED) is 0.881. The van der Waals surface area contributed by atoms with Gasteiger partial charge < -0.3 is 10.2 Å². The molecule has 1 aromatic rings. The molecule has 0 aliphatic carbocycles. The van der Waals surface area contributed by atoms with Crippen LogP contribution in [0.3, 0.4) is 0 Å². The molecule has 100 valence electrons. The highest BCUT2D eigenvalue weighted by Gasteiger charge is 2.20. The number of rotatable bonds is 3. The van der Waals surface area contributed by atoms with Crippen LogP contribution >= 0.6 is 0 Å². The van der Waals surface area contributed by atoms with Gasteiger partial charge in [-0.3, -0.25) is 0 Å². The van der Waals surface area contributed by atoms with Crippen LogP contribution in [0.25, 0.3) is 0 Å². The maximum atomic E-state index is 3.57. The molecule has 1 N–H and O–H groups in total. The van der Waals surface area contributed by atoms with Crippen molar-refractivity contribution in [2.24, 2.45) is 0 Å². The number of hydrogen-bond donors (Lipinski definition) is 1. The first kappa shape index (κ1) is 13.4. The van der Waals surface area contributed by atoms with E-state index in [0.29, 0.717) is 0 Å². The van der Waals surface area contributed by atoms with E-state index in [1.807, 2.05) is 0 Å². The molecule has 0 amide bonds. The van der Waals surface area contributed by atoms with Crippen LogP contribution in [0.4, 0.5) is 5.69 Å². The molecule has 0 spiro atoms. The van der Waals surface area contributed by atoms with Crippen LogP contribution in [0.15, 0.2) is 12.1 Å². The maximum Gasteiger partial charge on any atom is 0.0425 e. The number of hydrogen-bond acceptors (Lipinski definition) is 2. The standard InChI is InChI=1S/C16H26N2/c1-5-17-15-6-8-18(9-7-15)16-13(3)10-12(2)11-14(16)4/h10-11,15,17H,5-9H2,1-4H3. The number of benzene rings is 1. The van der Waals surface area contributed by atoms with Gasteiger partial charge in [0.05, 0.1) is 0 Å². The average molecular weight is 246 g/mol. The van der Waals surface area contributed by atoms with Crippen LogP contribution in [-0.2, 0) is 0 Å². The molecule has 0 atom stereocenters. The average Bonchev–Trinajstić information content (AvgIpc) is 2.30. The molecule has 1 saturated heterocycles. The normalized spacial score (nSPS) is 17.2. The summed E-state index contributed by atoms with van der Waals surface area (Å²) in [4.78, 5) is 2.57. The molecular formula is C16H26N2. The van der Waals surface area contributed by atoms with E-state index in [0.717, 1.165) is 12.6 Å². The van der Waals surface area contributed by atoms with Crippen molar-refractivity contribution in [1.29, 1.82) is 0 Å². The Balaban J connectivity index is 2.10. The molecule has 2 nitrogen and oxygen atoms in total. The summed E-state index contributed by atoms with van der Waals surface area (Å²) >= 11 is 0. The predicted octanol–water partition coefficient (Wildman–Crippen LogP) is 3.19. The van der Waals surface area contributed by atoms with Gasteiger partial charge in [-0.25, -0.2) is 0 Å². The second-order valence-electron chi connectivity index (χ2n) is 5.57. The van der Waals surface area contributed by atoms with Crippen molar-refractivity contribution in [3.8, 4) is 0 Å². The van der Waals surface area contributed by atoms with Gasteiger partial charge in [0, 0.05) is 24.8 Å². The van der Waals surface area contributed by atoms with Gasteiger partial charge in [0.2, 0.25) is 0 Å². The number of nitrogens with zero attached hydrogens (tertiary/aromatic N) is 1. The van der Waals surface area contributed by atoms with Crippen molar-refractivity contribution in [3.05, 3.63) is 28.8 Å². The van der Waals surface area contributed by atoms with Crippen molar-refractivity contribution in [3.63, 3.8) is 0 Å². The van der Waals surface area contributed by atoms with E-state index in [1.165, 1.54) is 48.3 Å². The molecule has 0 radical (unpaired) electrons. The smallest absolute Gasteiger partial charge is 0.0425 e. The van der Waals surface area contributed by atoms with Crippen molar-refractivity contribution in [2.45, 2.75) is 46.6 Å². The summed E-state index contributed by atoms with van der Waals surface area (Å²) in [5.74, 6) is 0. The van der Waals surface area contributed by atoms with Crippen LogP contribution in [0, 0.1) is 20.8 Å². The Morgan fingerprint density at radius 2 is 1.67 bits per heavy atom. The van der Waals surface area contributed by atoms with Crippen LogP contribution in [0.1, 0.15) is 36.5 Å². The lowest BCUT2D eigenvalue weighted by Gasteiger charge is -2.36. The zero-order valence-electron chi connectivity index (χ0n) is 12.2. The zero-order valence-corrected chi connectivity index (χ0v) is 12.2. The highest BCUT2D eigenvalue weighted by Crippen LogP contribution is 2.28. The van der Waals surface area contributed by atoms with Gasteiger partial charge in [0.1, 0.15) is 0 Å². The van der Waals surface area contributed by atoms with Crippen molar-refractivity contribution in [1.82, 2.24) is 5.32 Å². The van der Waals surface area contributed by atoms with Crippen molar-refractivity contribution >= 4 is 5.69 Å². The summed E-state index contributed by atoms with van der Waals surface area (Å²) in [6, 6.07) is 5.33. The lowest BCUT2D eigenvalue weighted by molar-refractivity contribution is 0.423. The highest BCUT2D eigenvalue weighted by molar-refractivity contribution is 5.60. The number of aryl methyl sites for hydroxylation is 3. The van der Waals surface area contributed by atoms with Gasteiger partial charge in [-0.05, 0) is 51.3 Å². The molecule has 18 heavy (non-hydrogen) atoms. The minimum absolute atomic E-state index is 0.720. The van der Waals surface area contributed by atoms with Crippen LogP contribution in [0.2, 0.25) is 0 Å². The summed E-state index contributed by atoms with van der Waals surface area (Å²) in [5.41, 5.74) is 5.69. The summed E-state index contributed by atoms with van der Waals surface area (Å²) < 4.78 is 0. The number of anilines is 1. The first-order valence-corrected chi connectivity index (χ1v) is 7.18. The Labute approximate surface area is 111 Å². The Hall–Kier alpha value is -1.02. The molecule has 1 aliphatic rings. The monoisotopic (exact) mass is 246 g/mol. The van der Waals surface area contributed by atoms with Gasteiger partial charge in [-0.2, -0.15) is 0 Å². The van der Waals surface area contributed by atoms with E-state index in [9.17, 15) is 0 Å². The Morgan fingerprint density at radius 1 is 1.11 bits per heavy atom. The lowest BCUT2D eigenvalue weighted by atomic mass is 9.99. The zero-order chi connectivity index (χ0) is 13.1. The maximum absolute atomic E-state index is 3.57. The first-order chi connectivity index (χ1) is 8.61. The molecule has 1 fully saturated rings. The largest absolute Gasteiger partial charge is 0.371 e. The molecule has 0 unspecified atom stereocenters. The van der Waals surface area contributed by atoms with Gasteiger partial charge in [0.15, 0.2) is 0 Å². The Morgan fingerprint density at radius 3 is 2.17 bits per heavy atom. The summed E-state index contributed by atoms with van der Waals surface area (Å²) in [6.07, 6.45) is 2.53. The minimum atomic E-state index is 0.720. The molecule has 0 bridgehead atoms. The highest BCUT2D eigenvalue weighted by atomic mass is 15.1. The molecule has 1 aromatic carbocycles. The molecule has 2 rings (SSSR count). The SMILES string of the molecule is CCNC1CCN(c2c(C)cc(C)cc2C)CC1. The van der Waals surface area contributed by atoms with E-state index in [-0.39, 0.29) is 0 Å². The van der Waals surface area contributed by atoms with Gasteiger partial charge >= 0.3 is 0 Å². The van der Waals surface area contributed by atoms with Crippen molar-refractivity contribution in [2.75, 3.05) is 24.5 Å². The predicted molar refractivity (Wildman–Crippen MR) is 79.6 cm³/mol. The van der Waals surface area contributed by atoms with Gasteiger partial charge in [-0.15, -0.1) is 0 Å². The van der Waals surface area contributed by atoms with E-state index in [1.54, 1.807) is 0 Å². The Kier molecular flexibility index (Phi) is 4.28. The first-order valence-electron chi connectivity index (χ1n) is 7.18. The van der Waals surface area contributed by atoms with E-state index >= 15 is 0 Å². The number of nitrogens with one attached hydrogen (secondary N) is 1. The fourth-order valence-electron chi connectivity index (χ4n) is 3.27. The fourth-order valence-corrected chi connectivity index (χ4v) is 3.27. The fraction of sp³-hybridized carbons (Fsp3) is 0.625. The summed E-state index contributed by atoms with van der Waals surface area (Å²) in [7, 11) is 0. The summed E-state index contributed by atoms with van der Waals surface area (Å²) in [6.45, 7) is 12.3. The van der Waals surface area contributed by atoms with Crippen LogP contribution in [-0.4, -0.2) is 25.7 Å². The third-order valence-electron chi connectivity index (χ3n) is 3.94. The summed E-state index contributed by atoms with van der Waals surface area (Å²) in [5, 5.41) is 3.57. The Bertz CT molecular complexity index is 381. The minimum Gasteiger partial charge on any atom is -0.371 e. The molecule has 0 saturated carbocycles. The second-order valence-corrected chi connectivity index (χ2v) is 5.57. The van der Waals surface area contributed by atoms with Gasteiger partial charge in [0.25, 0.3) is 0 Å². The lowest BCUT2D eigenvalue weighted by Crippen LogP contribution is -2.42. The van der Waals surface area contributed by atoms with Crippen molar-refractivity contribution < 1.29 is 0 Å². The van der Waals surface area contributed by atoms with E-state index in [4.69, 9.17) is 0 Å². The van der Waals surface area contributed by atoms with E-state index in [2.05, 4.69) is 50.0 Å². The topological polar surface area (TPSA) is 15.3 Å². The van der Waals surface area contributed by atoms with Crippen LogP contribution in [0.5, 0.6) is 0 Å². The number of piperidine rings is 1.